The highest BCUT2D eigenvalue weighted by Crippen LogP contribution is 2.36. The van der Waals surface area contributed by atoms with Crippen LogP contribution >= 0.6 is 11.6 Å². The molecule has 0 bridgehead atoms. The minimum Gasteiger partial charge on any atom is -0.497 e. The van der Waals surface area contributed by atoms with Crippen molar-refractivity contribution in [3.05, 3.63) is 41.2 Å². The topological polar surface area (TPSA) is 103 Å². The van der Waals surface area contributed by atoms with Gasteiger partial charge in [-0.2, -0.15) is 4.98 Å². The van der Waals surface area contributed by atoms with E-state index in [0.717, 1.165) is 0 Å². The van der Waals surface area contributed by atoms with Crippen LogP contribution in [0.15, 0.2) is 30.3 Å². The largest absolute Gasteiger partial charge is 0.497 e. The van der Waals surface area contributed by atoms with Crippen LogP contribution in [0.4, 0.5) is 11.5 Å². The first-order valence-corrected chi connectivity index (χ1v) is 8.12. The maximum atomic E-state index is 11.5. The molecule has 0 saturated heterocycles. The van der Waals surface area contributed by atoms with Crippen molar-refractivity contribution in [1.29, 1.82) is 0 Å². The van der Waals surface area contributed by atoms with Crippen LogP contribution in [0.1, 0.15) is 10.4 Å². The number of hydrogen-bond acceptors (Lipinski definition) is 7. The summed E-state index contributed by atoms with van der Waals surface area (Å²) in [6.07, 6.45) is 0. The number of ether oxygens (including phenoxy) is 3. The van der Waals surface area contributed by atoms with Gasteiger partial charge in [0, 0.05) is 17.5 Å². The fraction of sp³-hybridized carbons (Fsp3) is 0.167. The highest BCUT2D eigenvalue weighted by atomic mass is 35.5. The molecule has 140 valence electrons. The van der Waals surface area contributed by atoms with Gasteiger partial charge in [-0.3, -0.25) is 0 Å². The molecule has 27 heavy (non-hydrogen) atoms. The number of aromatic nitrogens is 2. The van der Waals surface area contributed by atoms with Crippen molar-refractivity contribution in [1.82, 2.24) is 9.97 Å². The van der Waals surface area contributed by atoms with Gasteiger partial charge in [0.1, 0.15) is 11.6 Å². The van der Waals surface area contributed by atoms with E-state index >= 15 is 0 Å². The summed E-state index contributed by atoms with van der Waals surface area (Å²) in [5.74, 6) is 0.679. The van der Waals surface area contributed by atoms with Crippen LogP contribution in [-0.4, -0.2) is 42.4 Å². The summed E-state index contributed by atoms with van der Waals surface area (Å²) in [6.45, 7) is 0. The summed E-state index contributed by atoms with van der Waals surface area (Å²) in [7, 11) is 4.52. The standard InChI is InChI=1S/C18H16ClN3O5/c1-25-9-4-5-10(17(23)24)12(6-9)20-16-11-7-14(26-2)15(27-3)8-13(11)21-18(19)22-16/h4-8H,1-3H3,(H,23,24)(H,20,21,22). The Morgan fingerprint density at radius 1 is 1.04 bits per heavy atom. The van der Waals surface area contributed by atoms with Gasteiger partial charge in [0.2, 0.25) is 5.28 Å². The SMILES string of the molecule is COc1ccc(C(=O)O)c(Nc2nc(Cl)nc3cc(OC)c(OC)cc23)c1. The molecular weight excluding hydrogens is 374 g/mol. The van der Waals surface area contributed by atoms with Crippen LogP contribution in [0, 0.1) is 0 Å². The van der Waals surface area contributed by atoms with E-state index in [9.17, 15) is 9.90 Å². The zero-order valence-corrected chi connectivity index (χ0v) is 15.5. The van der Waals surface area contributed by atoms with Crippen molar-refractivity contribution in [3.63, 3.8) is 0 Å². The van der Waals surface area contributed by atoms with E-state index in [1.54, 1.807) is 24.3 Å². The Hall–Kier alpha value is -3.26. The molecule has 0 aliphatic rings. The first-order valence-electron chi connectivity index (χ1n) is 7.74. The number of benzene rings is 2. The smallest absolute Gasteiger partial charge is 0.337 e. The van der Waals surface area contributed by atoms with Crippen molar-refractivity contribution in [3.8, 4) is 17.2 Å². The number of anilines is 2. The molecule has 9 heteroatoms. The van der Waals surface area contributed by atoms with Gasteiger partial charge >= 0.3 is 5.97 Å². The fourth-order valence-electron chi connectivity index (χ4n) is 2.59. The summed E-state index contributed by atoms with van der Waals surface area (Å²) in [4.78, 5) is 19.9. The molecule has 2 aromatic carbocycles. The first-order chi connectivity index (χ1) is 13.0. The van der Waals surface area contributed by atoms with Crippen molar-refractivity contribution < 1.29 is 24.1 Å². The predicted octanol–water partition coefficient (Wildman–Crippen LogP) is 3.75. The lowest BCUT2D eigenvalue weighted by Crippen LogP contribution is -2.05. The molecule has 0 amide bonds. The molecule has 1 heterocycles. The fourth-order valence-corrected chi connectivity index (χ4v) is 2.77. The molecular formula is C18H16ClN3O5. The second-order valence-electron chi connectivity index (χ2n) is 5.41. The van der Waals surface area contributed by atoms with Crippen LogP contribution in [0.2, 0.25) is 5.28 Å². The number of fused-ring (bicyclic) bond motifs is 1. The molecule has 3 rings (SSSR count). The molecule has 0 spiro atoms. The molecule has 0 atom stereocenters. The lowest BCUT2D eigenvalue weighted by atomic mass is 10.1. The highest BCUT2D eigenvalue weighted by Gasteiger charge is 2.16. The molecule has 1 aromatic heterocycles. The number of nitrogens with zero attached hydrogens (tertiary/aromatic N) is 2. The zero-order chi connectivity index (χ0) is 19.6. The number of carboxylic acid groups (broad SMARTS) is 1. The number of carbonyl (C=O) groups is 1. The van der Waals surface area contributed by atoms with Gasteiger partial charge < -0.3 is 24.6 Å². The van der Waals surface area contributed by atoms with E-state index < -0.39 is 5.97 Å². The Morgan fingerprint density at radius 3 is 2.37 bits per heavy atom. The third kappa shape index (κ3) is 3.65. The molecule has 0 fully saturated rings. The molecule has 0 aliphatic heterocycles. The van der Waals surface area contributed by atoms with E-state index in [1.165, 1.54) is 27.4 Å². The maximum absolute atomic E-state index is 11.5. The number of aromatic carboxylic acids is 1. The Labute approximate surface area is 159 Å². The molecule has 8 nitrogen and oxygen atoms in total. The number of halogens is 1. The summed E-state index contributed by atoms with van der Waals surface area (Å²) < 4.78 is 15.8. The lowest BCUT2D eigenvalue weighted by Gasteiger charge is -2.14. The van der Waals surface area contributed by atoms with E-state index in [1.807, 2.05) is 0 Å². The lowest BCUT2D eigenvalue weighted by molar-refractivity contribution is 0.0698. The monoisotopic (exact) mass is 389 g/mol. The average molecular weight is 390 g/mol. The van der Waals surface area contributed by atoms with Crippen molar-refractivity contribution in [2.24, 2.45) is 0 Å². The molecule has 0 radical (unpaired) electrons. The molecule has 0 saturated carbocycles. The third-order valence-electron chi connectivity index (χ3n) is 3.88. The highest BCUT2D eigenvalue weighted by molar-refractivity contribution is 6.29. The van der Waals surface area contributed by atoms with Gasteiger partial charge in [0.15, 0.2) is 11.5 Å². The predicted molar refractivity (Wildman–Crippen MR) is 101 cm³/mol. The Kier molecular flexibility index (Phi) is 5.18. The minimum atomic E-state index is -1.09. The maximum Gasteiger partial charge on any atom is 0.337 e. The van der Waals surface area contributed by atoms with Crippen molar-refractivity contribution in [2.45, 2.75) is 0 Å². The Morgan fingerprint density at radius 2 is 1.74 bits per heavy atom. The first kappa shape index (κ1) is 18.5. The number of carboxylic acids is 1. The number of hydrogen-bond donors (Lipinski definition) is 2. The quantitative estimate of drug-likeness (QED) is 0.614. The van der Waals surface area contributed by atoms with E-state index in [-0.39, 0.29) is 10.8 Å². The van der Waals surface area contributed by atoms with Crippen LogP contribution in [0.5, 0.6) is 17.2 Å². The van der Waals surface area contributed by atoms with Crippen LogP contribution in [-0.2, 0) is 0 Å². The second kappa shape index (κ2) is 7.55. The number of methoxy groups -OCH3 is 3. The Balaban J connectivity index is 2.19. The summed E-state index contributed by atoms with van der Waals surface area (Å²) >= 11 is 6.04. The van der Waals surface area contributed by atoms with Crippen molar-refractivity contribution >= 4 is 40.0 Å². The second-order valence-corrected chi connectivity index (χ2v) is 5.75. The third-order valence-corrected chi connectivity index (χ3v) is 4.05. The summed E-state index contributed by atoms with van der Waals surface area (Å²) in [5, 5.41) is 13.0. The summed E-state index contributed by atoms with van der Waals surface area (Å²) in [6, 6.07) is 7.92. The van der Waals surface area contributed by atoms with Crippen LogP contribution in [0.3, 0.4) is 0 Å². The molecule has 3 aromatic rings. The average Bonchev–Trinajstić information content (AvgIpc) is 2.66. The normalized spacial score (nSPS) is 10.5. The molecule has 0 unspecified atom stereocenters. The van der Waals surface area contributed by atoms with E-state index in [0.29, 0.717) is 39.7 Å². The van der Waals surface area contributed by atoms with Crippen molar-refractivity contribution in [2.75, 3.05) is 26.6 Å². The van der Waals surface area contributed by atoms with E-state index in [2.05, 4.69) is 15.3 Å². The number of rotatable bonds is 6. The van der Waals surface area contributed by atoms with Gasteiger partial charge in [0.25, 0.3) is 0 Å². The molecule has 2 N–H and O–H groups in total. The minimum absolute atomic E-state index is 0.00279. The zero-order valence-electron chi connectivity index (χ0n) is 14.7. The van der Waals surface area contributed by atoms with Crippen LogP contribution in [0.25, 0.3) is 10.9 Å². The molecule has 0 aliphatic carbocycles. The van der Waals surface area contributed by atoms with E-state index in [4.69, 9.17) is 25.8 Å². The van der Waals surface area contributed by atoms with Gasteiger partial charge in [-0.05, 0) is 29.8 Å². The van der Waals surface area contributed by atoms with Crippen LogP contribution < -0.4 is 19.5 Å². The number of nitrogens with one attached hydrogen (secondary N) is 1. The van der Waals surface area contributed by atoms with Gasteiger partial charge in [-0.25, -0.2) is 9.78 Å². The summed E-state index contributed by atoms with van der Waals surface area (Å²) in [5.41, 5.74) is 0.863. The van der Waals surface area contributed by atoms with Gasteiger partial charge in [-0.15, -0.1) is 0 Å². The van der Waals surface area contributed by atoms with Gasteiger partial charge in [0.05, 0.1) is 38.1 Å². The Bertz CT molecular complexity index is 1030. The van der Waals surface area contributed by atoms with Gasteiger partial charge in [-0.1, -0.05) is 0 Å².